The lowest BCUT2D eigenvalue weighted by molar-refractivity contribution is -0.140. The highest BCUT2D eigenvalue weighted by Crippen LogP contribution is 2.33. The predicted octanol–water partition coefficient (Wildman–Crippen LogP) is 5.92. The second kappa shape index (κ2) is 10.6. The number of benzene rings is 2. The van der Waals surface area contributed by atoms with Crippen molar-refractivity contribution >= 4 is 23.1 Å². The third-order valence-electron chi connectivity index (χ3n) is 6.43. The van der Waals surface area contributed by atoms with Gasteiger partial charge in [0.15, 0.2) is 0 Å². The lowest BCUT2D eigenvalue weighted by atomic mass is 10.0. The predicted molar refractivity (Wildman–Crippen MR) is 139 cm³/mol. The van der Waals surface area contributed by atoms with Crippen LogP contribution in [-0.2, 0) is 12.7 Å². The fourth-order valence-electron chi connectivity index (χ4n) is 4.37. The summed E-state index contributed by atoms with van der Waals surface area (Å²) in [6, 6.07) is 10.4. The summed E-state index contributed by atoms with van der Waals surface area (Å²) in [5.41, 5.74) is 3.74. The standard InChI is InChI=1S/C27H28ClF4N5/c1-17(20-6-8-21(28)9-7-20)36-12-11-25-22(15-36)18(2)37(35(3)4)16-26(34-25)33-14-19-5-10-23(24(29)13-19)27(30,31)32/h5-10,13H,1-2,11-12,14-16H2,3-4H3,(H,33,34). The molecule has 2 heterocycles. The van der Waals surface area contributed by atoms with Crippen LogP contribution < -0.4 is 5.32 Å². The molecule has 37 heavy (non-hydrogen) atoms. The van der Waals surface area contributed by atoms with E-state index in [2.05, 4.69) is 28.4 Å². The van der Waals surface area contributed by atoms with E-state index in [-0.39, 0.29) is 6.54 Å². The van der Waals surface area contributed by atoms with E-state index >= 15 is 0 Å². The maximum Gasteiger partial charge on any atom is 0.419 e. The summed E-state index contributed by atoms with van der Waals surface area (Å²) < 4.78 is 52.7. The highest BCUT2D eigenvalue weighted by molar-refractivity contribution is 6.30. The summed E-state index contributed by atoms with van der Waals surface area (Å²) in [5.74, 6) is -0.689. The van der Waals surface area contributed by atoms with Crippen molar-refractivity contribution in [1.82, 2.24) is 20.2 Å². The summed E-state index contributed by atoms with van der Waals surface area (Å²) in [6.45, 7) is 10.3. The Morgan fingerprint density at radius 3 is 2.46 bits per heavy atom. The van der Waals surface area contributed by atoms with Gasteiger partial charge in [-0.1, -0.05) is 43.0 Å². The second-order valence-corrected chi connectivity index (χ2v) is 9.57. The van der Waals surface area contributed by atoms with Crippen molar-refractivity contribution in [3.8, 4) is 0 Å². The average Bonchev–Trinajstić information content (AvgIpc) is 2.98. The van der Waals surface area contributed by atoms with Crippen LogP contribution in [0, 0.1) is 5.82 Å². The quantitative estimate of drug-likeness (QED) is 0.484. The number of aliphatic imine (C=N–C) groups is 1. The van der Waals surface area contributed by atoms with Crippen LogP contribution in [0.4, 0.5) is 17.6 Å². The number of hydrazine groups is 1. The van der Waals surface area contributed by atoms with Crippen molar-refractivity contribution in [1.29, 1.82) is 0 Å². The summed E-state index contributed by atoms with van der Waals surface area (Å²) in [7, 11) is 3.79. The molecule has 2 aliphatic rings. The van der Waals surface area contributed by atoms with Gasteiger partial charge in [-0.3, -0.25) is 10.0 Å². The molecule has 0 aliphatic carbocycles. The molecule has 0 amide bonds. The number of amidine groups is 1. The van der Waals surface area contributed by atoms with E-state index in [1.54, 1.807) is 0 Å². The molecule has 10 heteroatoms. The molecule has 0 spiro atoms. The first kappa shape index (κ1) is 26.8. The molecule has 0 unspecified atom stereocenters. The van der Waals surface area contributed by atoms with Gasteiger partial charge in [-0.2, -0.15) is 13.2 Å². The van der Waals surface area contributed by atoms with Gasteiger partial charge in [0.1, 0.15) is 11.7 Å². The lowest BCUT2D eigenvalue weighted by Crippen LogP contribution is -2.41. The number of hydrogen-bond acceptors (Lipinski definition) is 4. The topological polar surface area (TPSA) is 34.1 Å². The Labute approximate surface area is 219 Å². The van der Waals surface area contributed by atoms with Gasteiger partial charge >= 0.3 is 6.18 Å². The summed E-state index contributed by atoms with van der Waals surface area (Å²) >= 11 is 6.03. The molecule has 0 atom stereocenters. The molecule has 0 fully saturated rings. The third-order valence-corrected chi connectivity index (χ3v) is 6.68. The van der Waals surface area contributed by atoms with Crippen molar-refractivity contribution in [3.63, 3.8) is 0 Å². The van der Waals surface area contributed by atoms with E-state index in [0.29, 0.717) is 35.9 Å². The second-order valence-electron chi connectivity index (χ2n) is 9.13. The Kier molecular flexibility index (Phi) is 7.66. The van der Waals surface area contributed by atoms with E-state index in [0.717, 1.165) is 46.9 Å². The van der Waals surface area contributed by atoms with Crippen LogP contribution in [-0.4, -0.2) is 54.5 Å². The maximum absolute atomic E-state index is 14.0. The van der Waals surface area contributed by atoms with Gasteiger partial charge in [-0.25, -0.2) is 9.40 Å². The van der Waals surface area contributed by atoms with Crippen molar-refractivity contribution in [2.45, 2.75) is 19.1 Å². The van der Waals surface area contributed by atoms with Crippen LogP contribution in [0.3, 0.4) is 0 Å². The van der Waals surface area contributed by atoms with Crippen LogP contribution in [0.1, 0.15) is 23.1 Å². The van der Waals surface area contributed by atoms with Crippen LogP contribution in [0.15, 0.2) is 77.6 Å². The van der Waals surface area contributed by atoms with E-state index in [9.17, 15) is 17.6 Å². The van der Waals surface area contributed by atoms with Gasteiger partial charge in [0.2, 0.25) is 0 Å². The molecule has 2 aromatic rings. The number of alkyl halides is 3. The molecule has 196 valence electrons. The van der Waals surface area contributed by atoms with Gasteiger partial charge in [0.05, 0.1) is 24.4 Å². The first-order valence-corrected chi connectivity index (χ1v) is 12.0. The van der Waals surface area contributed by atoms with Crippen molar-refractivity contribution < 1.29 is 17.6 Å². The van der Waals surface area contributed by atoms with Gasteiger partial charge < -0.3 is 10.2 Å². The molecule has 0 radical (unpaired) electrons. The molecular formula is C27H28ClF4N5. The summed E-state index contributed by atoms with van der Waals surface area (Å²) in [6.07, 6.45) is -4.04. The molecular weight excluding hydrogens is 506 g/mol. The van der Waals surface area contributed by atoms with Crippen LogP contribution >= 0.6 is 11.6 Å². The number of hydrogen-bond donors (Lipinski definition) is 1. The molecule has 2 aliphatic heterocycles. The first-order chi connectivity index (χ1) is 17.4. The molecule has 4 rings (SSSR count). The zero-order chi connectivity index (χ0) is 26.9. The van der Waals surface area contributed by atoms with Gasteiger partial charge in [0.25, 0.3) is 0 Å². The molecule has 5 nitrogen and oxygen atoms in total. The Hall–Kier alpha value is -3.30. The lowest BCUT2D eigenvalue weighted by Gasteiger charge is -2.36. The van der Waals surface area contributed by atoms with E-state index < -0.39 is 17.6 Å². The molecule has 0 saturated heterocycles. The van der Waals surface area contributed by atoms with Crippen molar-refractivity contribution in [2.24, 2.45) is 4.99 Å². The monoisotopic (exact) mass is 533 g/mol. The zero-order valence-corrected chi connectivity index (χ0v) is 21.4. The van der Waals surface area contributed by atoms with Crippen molar-refractivity contribution in [2.75, 3.05) is 33.7 Å². The smallest absolute Gasteiger partial charge is 0.367 e. The minimum atomic E-state index is -4.74. The number of rotatable bonds is 5. The number of nitrogens with zero attached hydrogens (tertiary/aromatic N) is 4. The number of nitrogens with one attached hydrogen (secondary N) is 1. The van der Waals surface area contributed by atoms with Crippen LogP contribution in [0.2, 0.25) is 5.02 Å². The summed E-state index contributed by atoms with van der Waals surface area (Å²) in [4.78, 5) is 6.78. The molecule has 0 saturated carbocycles. The number of halogens is 5. The Bertz CT molecular complexity index is 1260. The van der Waals surface area contributed by atoms with Gasteiger partial charge in [-0.15, -0.1) is 0 Å². The molecule has 0 bridgehead atoms. The van der Waals surface area contributed by atoms with E-state index in [1.165, 1.54) is 6.07 Å². The zero-order valence-electron chi connectivity index (χ0n) is 20.7. The largest absolute Gasteiger partial charge is 0.419 e. The highest BCUT2D eigenvalue weighted by atomic mass is 35.5. The van der Waals surface area contributed by atoms with Gasteiger partial charge in [0, 0.05) is 55.6 Å². The SMILES string of the molecule is C=C(c1ccc(Cl)cc1)N1CCC2=C(C1)C(=C)N(N(C)C)CC(=NCc1ccc(C(F)(F)F)c(F)c1)N2. The molecule has 1 N–H and O–H groups in total. The minimum Gasteiger partial charge on any atom is -0.367 e. The third kappa shape index (κ3) is 5.99. The Morgan fingerprint density at radius 1 is 1.14 bits per heavy atom. The highest BCUT2D eigenvalue weighted by Gasteiger charge is 2.34. The van der Waals surface area contributed by atoms with E-state index in [1.807, 2.05) is 48.4 Å². The van der Waals surface area contributed by atoms with Crippen molar-refractivity contribution in [3.05, 3.63) is 100 Å². The fraction of sp³-hybridized carbons (Fsp3) is 0.296. The minimum absolute atomic E-state index is 0.0350. The van der Waals surface area contributed by atoms with Gasteiger partial charge in [-0.05, 0) is 35.4 Å². The maximum atomic E-state index is 14.0. The molecule has 0 aromatic heterocycles. The first-order valence-electron chi connectivity index (χ1n) is 11.7. The molecule has 2 aromatic carbocycles. The Morgan fingerprint density at radius 2 is 1.84 bits per heavy atom. The average molecular weight is 534 g/mol. The van der Waals surface area contributed by atoms with Crippen LogP contribution in [0.5, 0.6) is 0 Å². The summed E-state index contributed by atoms with van der Waals surface area (Å²) in [5, 5.41) is 7.95. The fourth-order valence-corrected chi connectivity index (χ4v) is 4.50. The van der Waals surface area contributed by atoms with Crippen LogP contribution in [0.25, 0.3) is 5.70 Å². The van der Waals surface area contributed by atoms with E-state index in [4.69, 9.17) is 11.6 Å². The Balaban J connectivity index is 1.57. The normalized spacial score (nSPS) is 17.7.